The van der Waals surface area contributed by atoms with Crippen molar-refractivity contribution >= 4 is 33.2 Å². The van der Waals surface area contributed by atoms with E-state index in [4.69, 9.17) is 0 Å². The smallest absolute Gasteiger partial charge is 0.238 e. The second-order valence-corrected chi connectivity index (χ2v) is 6.98. The maximum atomic E-state index is 13.1. The lowest BCUT2D eigenvalue weighted by Gasteiger charge is -2.23. The van der Waals surface area contributed by atoms with E-state index in [0.717, 1.165) is 48.4 Å². The number of nitrogens with zero attached hydrogens (tertiary/aromatic N) is 2. The minimum atomic E-state index is -0.219. The third-order valence-electron chi connectivity index (χ3n) is 4.30. The molecule has 4 nitrogen and oxygen atoms in total. The first-order chi connectivity index (χ1) is 12.1. The van der Waals surface area contributed by atoms with E-state index in [9.17, 15) is 9.18 Å². The molecule has 132 valence electrons. The highest BCUT2D eigenvalue weighted by Gasteiger charge is 2.17. The second kappa shape index (κ2) is 8.45. The number of halogens is 2. The summed E-state index contributed by atoms with van der Waals surface area (Å²) in [4.78, 5) is 16.7. The summed E-state index contributed by atoms with van der Waals surface area (Å²) >= 11 is 3.44. The maximum absolute atomic E-state index is 13.1. The van der Waals surface area contributed by atoms with Crippen molar-refractivity contribution in [2.75, 3.05) is 42.9 Å². The zero-order valence-electron chi connectivity index (χ0n) is 13.9. The molecule has 1 N–H and O–H groups in total. The molecule has 1 heterocycles. The SMILES string of the molecule is O=C(CN1CCCN(c2ccc(F)cc2)CC1)Nc1ccccc1Br. The number of para-hydroxylation sites is 1. The molecule has 1 aliphatic heterocycles. The van der Waals surface area contributed by atoms with Crippen molar-refractivity contribution in [1.29, 1.82) is 0 Å². The van der Waals surface area contributed by atoms with Gasteiger partial charge in [0.2, 0.25) is 5.91 Å². The van der Waals surface area contributed by atoms with Crippen LogP contribution >= 0.6 is 15.9 Å². The summed E-state index contributed by atoms with van der Waals surface area (Å²) in [6.07, 6.45) is 0.972. The molecule has 1 aliphatic rings. The van der Waals surface area contributed by atoms with Gasteiger partial charge in [0, 0.05) is 36.3 Å². The first-order valence-electron chi connectivity index (χ1n) is 8.39. The van der Waals surface area contributed by atoms with Crippen LogP contribution in [0.25, 0.3) is 0 Å². The van der Waals surface area contributed by atoms with E-state index in [1.165, 1.54) is 12.1 Å². The number of anilines is 2. The van der Waals surface area contributed by atoms with Gasteiger partial charge in [0.15, 0.2) is 0 Å². The second-order valence-electron chi connectivity index (χ2n) is 6.12. The van der Waals surface area contributed by atoms with Crippen molar-refractivity contribution in [1.82, 2.24) is 4.90 Å². The summed E-state index contributed by atoms with van der Waals surface area (Å²) < 4.78 is 13.9. The molecule has 0 aromatic heterocycles. The van der Waals surface area contributed by atoms with Gasteiger partial charge in [-0.15, -0.1) is 0 Å². The largest absolute Gasteiger partial charge is 0.370 e. The molecule has 3 rings (SSSR count). The Morgan fingerprint density at radius 3 is 2.56 bits per heavy atom. The number of hydrogen-bond acceptors (Lipinski definition) is 3. The molecule has 0 aliphatic carbocycles. The lowest BCUT2D eigenvalue weighted by atomic mass is 10.2. The van der Waals surface area contributed by atoms with E-state index in [-0.39, 0.29) is 11.7 Å². The van der Waals surface area contributed by atoms with Crippen LogP contribution in [0.2, 0.25) is 0 Å². The highest BCUT2D eigenvalue weighted by Crippen LogP contribution is 2.21. The molecule has 25 heavy (non-hydrogen) atoms. The van der Waals surface area contributed by atoms with Crippen LogP contribution in [0, 0.1) is 5.82 Å². The fourth-order valence-corrected chi connectivity index (χ4v) is 3.38. The van der Waals surface area contributed by atoms with Gasteiger partial charge in [0.05, 0.1) is 12.2 Å². The van der Waals surface area contributed by atoms with E-state index in [1.54, 1.807) is 0 Å². The van der Waals surface area contributed by atoms with Crippen LogP contribution in [0.1, 0.15) is 6.42 Å². The molecule has 1 amide bonds. The Hall–Kier alpha value is -1.92. The molecule has 0 atom stereocenters. The van der Waals surface area contributed by atoms with Gasteiger partial charge in [-0.3, -0.25) is 9.69 Å². The van der Waals surface area contributed by atoms with Gasteiger partial charge >= 0.3 is 0 Å². The Kier molecular flexibility index (Phi) is 6.04. The minimum absolute atomic E-state index is 0.0119. The molecule has 0 unspecified atom stereocenters. The fraction of sp³-hybridized carbons (Fsp3) is 0.316. The van der Waals surface area contributed by atoms with Gasteiger partial charge in [-0.05, 0) is 58.7 Å². The average molecular weight is 406 g/mol. The van der Waals surface area contributed by atoms with Crippen molar-refractivity contribution in [3.05, 3.63) is 58.8 Å². The number of benzene rings is 2. The summed E-state index contributed by atoms with van der Waals surface area (Å²) in [6, 6.07) is 14.2. The molecular formula is C19H21BrFN3O. The lowest BCUT2D eigenvalue weighted by molar-refractivity contribution is -0.117. The zero-order valence-corrected chi connectivity index (χ0v) is 15.5. The van der Waals surface area contributed by atoms with Crippen LogP contribution in [0.5, 0.6) is 0 Å². The standard InChI is InChI=1S/C19H21BrFN3O/c20-17-4-1-2-5-18(17)22-19(25)14-23-10-3-11-24(13-12-23)16-8-6-15(21)7-9-16/h1-2,4-9H,3,10-14H2,(H,22,25). The van der Waals surface area contributed by atoms with Crippen molar-refractivity contribution in [3.8, 4) is 0 Å². The average Bonchev–Trinajstić information content (AvgIpc) is 2.83. The molecule has 0 bridgehead atoms. The monoisotopic (exact) mass is 405 g/mol. The molecule has 0 saturated carbocycles. The highest BCUT2D eigenvalue weighted by molar-refractivity contribution is 9.10. The topological polar surface area (TPSA) is 35.6 Å². The summed E-state index contributed by atoms with van der Waals surface area (Å²) in [6.45, 7) is 3.79. The van der Waals surface area contributed by atoms with Gasteiger partial charge in [-0.2, -0.15) is 0 Å². The van der Waals surface area contributed by atoms with E-state index >= 15 is 0 Å². The van der Waals surface area contributed by atoms with Gasteiger partial charge in [-0.1, -0.05) is 12.1 Å². The Balaban J connectivity index is 1.53. The van der Waals surface area contributed by atoms with E-state index in [1.807, 2.05) is 36.4 Å². The van der Waals surface area contributed by atoms with Crippen LogP contribution < -0.4 is 10.2 Å². The Bertz CT molecular complexity index is 723. The Morgan fingerprint density at radius 2 is 1.80 bits per heavy atom. The van der Waals surface area contributed by atoms with E-state index in [0.29, 0.717) is 6.54 Å². The molecule has 1 saturated heterocycles. The fourth-order valence-electron chi connectivity index (χ4n) is 2.99. The number of rotatable bonds is 4. The number of carbonyl (C=O) groups is 1. The maximum Gasteiger partial charge on any atom is 0.238 e. The predicted octanol–water partition coefficient (Wildman–Crippen LogP) is 3.74. The predicted molar refractivity (Wildman–Crippen MR) is 102 cm³/mol. The molecule has 0 spiro atoms. The summed E-state index contributed by atoms with van der Waals surface area (Å²) in [5, 5.41) is 2.94. The van der Waals surface area contributed by atoms with Crippen molar-refractivity contribution < 1.29 is 9.18 Å². The molecule has 1 fully saturated rings. The number of carbonyl (C=O) groups excluding carboxylic acids is 1. The first-order valence-corrected chi connectivity index (χ1v) is 9.18. The van der Waals surface area contributed by atoms with Gasteiger partial charge in [-0.25, -0.2) is 4.39 Å². The van der Waals surface area contributed by atoms with Crippen LogP contribution in [0.3, 0.4) is 0 Å². The first kappa shape index (κ1) is 17.9. The highest BCUT2D eigenvalue weighted by atomic mass is 79.9. The molecule has 0 radical (unpaired) electrons. The zero-order chi connectivity index (χ0) is 17.6. The van der Waals surface area contributed by atoms with Crippen LogP contribution in [0.15, 0.2) is 53.0 Å². The van der Waals surface area contributed by atoms with Crippen molar-refractivity contribution in [2.45, 2.75) is 6.42 Å². The summed E-state index contributed by atoms with van der Waals surface area (Å²) in [5.41, 5.74) is 1.82. The third-order valence-corrected chi connectivity index (χ3v) is 4.99. The third kappa shape index (κ3) is 5.03. The Morgan fingerprint density at radius 1 is 1.04 bits per heavy atom. The van der Waals surface area contributed by atoms with Crippen molar-refractivity contribution in [2.24, 2.45) is 0 Å². The van der Waals surface area contributed by atoms with Crippen molar-refractivity contribution in [3.63, 3.8) is 0 Å². The van der Waals surface area contributed by atoms with Crippen LogP contribution in [-0.2, 0) is 4.79 Å². The molecule has 6 heteroatoms. The normalized spacial score (nSPS) is 15.7. The van der Waals surface area contributed by atoms with E-state index in [2.05, 4.69) is 31.0 Å². The molecule has 2 aromatic carbocycles. The van der Waals surface area contributed by atoms with Gasteiger partial charge in [0.1, 0.15) is 5.82 Å². The molecular weight excluding hydrogens is 385 g/mol. The van der Waals surface area contributed by atoms with Crippen LogP contribution in [-0.4, -0.2) is 43.5 Å². The number of hydrogen-bond donors (Lipinski definition) is 1. The van der Waals surface area contributed by atoms with Gasteiger partial charge in [0.25, 0.3) is 0 Å². The minimum Gasteiger partial charge on any atom is -0.370 e. The number of amides is 1. The number of nitrogens with one attached hydrogen (secondary N) is 1. The summed E-state index contributed by atoms with van der Waals surface area (Å²) in [5.74, 6) is -0.230. The quantitative estimate of drug-likeness (QED) is 0.841. The lowest BCUT2D eigenvalue weighted by Crippen LogP contribution is -2.36. The summed E-state index contributed by atoms with van der Waals surface area (Å²) in [7, 11) is 0. The Labute approximate surface area is 155 Å². The van der Waals surface area contributed by atoms with Crippen LogP contribution in [0.4, 0.5) is 15.8 Å². The van der Waals surface area contributed by atoms with E-state index < -0.39 is 0 Å². The molecule has 2 aromatic rings. The van der Waals surface area contributed by atoms with Gasteiger partial charge < -0.3 is 10.2 Å².